The number of rotatable bonds is 17. The molecule has 150 valence electrons. The lowest BCUT2D eigenvalue weighted by atomic mass is 10.0. The van der Waals surface area contributed by atoms with Crippen molar-refractivity contribution in [3.8, 4) is 0 Å². The van der Waals surface area contributed by atoms with E-state index in [1.165, 1.54) is 116 Å². The van der Waals surface area contributed by atoms with Gasteiger partial charge in [-0.1, -0.05) is 103 Å². The lowest BCUT2D eigenvalue weighted by Gasteiger charge is -2.06. The van der Waals surface area contributed by atoms with Crippen molar-refractivity contribution in [3.05, 3.63) is 30.9 Å². The Morgan fingerprint density at radius 3 is 1.46 bits per heavy atom. The lowest BCUT2D eigenvalue weighted by molar-refractivity contribution is 0.529. The van der Waals surface area contributed by atoms with Crippen LogP contribution >= 0.6 is 45.2 Å². The van der Waals surface area contributed by atoms with Crippen LogP contribution in [0, 0.1) is 7.14 Å². The molecule has 0 nitrogen and oxygen atoms in total. The van der Waals surface area contributed by atoms with Crippen LogP contribution in [0.5, 0.6) is 0 Å². The van der Waals surface area contributed by atoms with E-state index >= 15 is 0 Å². The number of aryl methyl sites for hydroxylation is 1. The topological polar surface area (TPSA) is 0 Å². The van der Waals surface area contributed by atoms with Crippen LogP contribution in [0.2, 0.25) is 0 Å². The summed E-state index contributed by atoms with van der Waals surface area (Å²) >= 11 is 4.90. The minimum absolute atomic E-state index is 1.26. The standard InChI is InChI=1S/C24H40I2/c1-2-3-4-5-6-7-8-9-10-11-12-13-14-15-16-17-18-22-21-23(25)19-20-24(22)26/h19-21H,2-18H2,1H3. The normalized spacial score (nSPS) is 11.2. The van der Waals surface area contributed by atoms with Crippen molar-refractivity contribution in [2.45, 2.75) is 116 Å². The fraction of sp³-hybridized carbons (Fsp3) is 0.750. The molecule has 0 bridgehead atoms. The average molecular weight is 582 g/mol. The second kappa shape index (κ2) is 17.8. The minimum atomic E-state index is 1.26. The van der Waals surface area contributed by atoms with E-state index in [2.05, 4.69) is 70.3 Å². The van der Waals surface area contributed by atoms with E-state index in [9.17, 15) is 0 Å². The zero-order valence-corrected chi connectivity index (χ0v) is 21.3. The number of halogens is 2. The Bertz CT molecular complexity index is 442. The lowest BCUT2D eigenvalue weighted by Crippen LogP contribution is -1.91. The Labute approximate surface area is 191 Å². The number of benzene rings is 1. The maximum absolute atomic E-state index is 2.48. The number of unbranched alkanes of at least 4 members (excludes halogenated alkanes) is 15. The molecule has 0 unspecified atom stereocenters. The SMILES string of the molecule is CCCCCCCCCCCCCCCCCCc1cc(I)ccc1I. The summed E-state index contributed by atoms with van der Waals surface area (Å²) in [4.78, 5) is 0. The Morgan fingerprint density at radius 2 is 1.00 bits per heavy atom. The van der Waals surface area contributed by atoms with E-state index in [4.69, 9.17) is 0 Å². The summed E-state index contributed by atoms with van der Waals surface area (Å²) in [5, 5.41) is 0. The molecule has 0 aromatic heterocycles. The smallest absolute Gasteiger partial charge is 0.0163 e. The van der Waals surface area contributed by atoms with Gasteiger partial charge in [0.2, 0.25) is 0 Å². The summed E-state index contributed by atoms with van der Waals surface area (Å²) in [6.45, 7) is 2.30. The monoisotopic (exact) mass is 582 g/mol. The maximum atomic E-state index is 2.48. The van der Waals surface area contributed by atoms with Crippen LogP contribution in [0.4, 0.5) is 0 Å². The van der Waals surface area contributed by atoms with E-state index in [-0.39, 0.29) is 0 Å². The molecule has 0 amide bonds. The molecule has 0 fully saturated rings. The zero-order valence-electron chi connectivity index (χ0n) is 17.0. The highest BCUT2D eigenvalue weighted by molar-refractivity contribution is 14.1. The molecule has 26 heavy (non-hydrogen) atoms. The molecule has 0 radical (unpaired) electrons. The molecule has 2 heteroatoms. The molecular weight excluding hydrogens is 542 g/mol. The van der Waals surface area contributed by atoms with Crippen molar-refractivity contribution in [2.24, 2.45) is 0 Å². The third kappa shape index (κ3) is 13.8. The predicted octanol–water partition coefficient (Wildman–Crippen LogP) is 9.70. The van der Waals surface area contributed by atoms with Gasteiger partial charge in [0.25, 0.3) is 0 Å². The first-order valence-electron chi connectivity index (χ1n) is 11.2. The largest absolute Gasteiger partial charge is 0.0654 e. The van der Waals surface area contributed by atoms with E-state index < -0.39 is 0 Å². The summed E-state index contributed by atoms with van der Waals surface area (Å²) in [6, 6.07) is 6.82. The minimum Gasteiger partial charge on any atom is -0.0654 e. The third-order valence-electron chi connectivity index (χ3n) is 5.31. The van der Waals surface area contributed by atoms with Crippen LogP contribution in [-0.2, 0) is 6.42 Å². The van der Waals surface area contributed by atoms with E-state index in [1.807, 2.05) is 0 Å². The highest BCUT2D eigenvalue weighted by Crippen LogP contribution is 2.19. The molecule has 0 heterocycles. The van der Waals surface area contributed by atoms with Crippen molar-refractivity contribution in [2.75, 3.05) is 0 Å². The molecule has 0 aliphatic carbocycles. The van der Waals surface area contributed by atoms with Crippen LogP contribution in [0.25, 0.3) is 0 Å². The van der Waals surface area contributed by atoms with Gasteiger partial charge in [0.1, 0.15) is 0 Å². The molecule has 0 atom stereocenters. The Hall–Kier alpha value is 0.680. The molecule has 1 rings (SSSR count). The first-order valence-corrected chi connectivity index (χ1v) is 13.3. The van der Waals surface area contributed by atoms with Crippen LogP contribution < -0.4 is 0 Å². The van der Waals surface area contributed by atoms with Gasteiger partial charge in [-0.2, -0.15) is 0 Å². The van der Waals surface area contributed by atoms with Crippen LogP contribution in [0.1, 0.15) is 115 Å². The first kappa shape index (κ1) is 24.7. The molecule has 0 N–H and O–H groups in total. The van der Waals surface area contributed by atoms with Gasteiger partial charge in [-0.05, 0) is 81.8 Å². The van der Waals surface area contributed by atoms with Gasteiger partial charge >= 0.3 is 0 Å². The molecule has 0 aliphatic heterocycles. The van der Waals surface area contributed by atoms with Crippen molar-refractivity contribution < 1.29 is 0 Å². The number of hydrogen-bond acceptors (Lipinski definition) is 0. The molecule has 0 saturated carbocycles. The second-order valence-corrected chi connectivity index (χ2v) is 10.2. The summed E-state index contributed by atoms with van der Waals surface area (Å²) in [7, 11) is 0. The summed E-state index contributed by atoms with van der Waals surface area (Å²) in [6.07, 6.45) is 24.4. The Kier molecular flexibility index (Phi) is 16.9. The Morgan fingerprint density at radius 1 is 0.577 bits per heavy atom. The van der Waals surface area contributed by atoms with Crippen LogP contribution in [0.15, 0.2) is 18.2 Å². The molecule has 1 aromatic rings. The highest BCUT2D eigenvalue weighted by atomic mass is 127. The summed E-state index contributed by atoms with van der Waals surface area (Å²) in [5.41, 5.74) is 1.54. The van der Waals surface area contributed by atoms with Crippen molar-refractivity contribution in [3.63, 3.8) is 0 Å². The van der Waals surface area contributed by atoms with Gasteiger partial charge in [0, 0.05) is 7.14 Å². The van der Waals surface area contributed by atoms with Gasteiger partial charge in [0.05, 0.1) is 0 Å². The number of hydrogen-bond donors (Lipinski definition) is 0. The highest BCUT2D eigenvalue weighted by Gasteiger charge is 2.01. The molecular formula is C24H40I2. The van der Waals surface area contributed by atoms with E-state index in [0.717, 1.165) is 0 Å². The van der Waals surface area contributed by atoms with Gasteiger partial charge in [-0.25, -0.2) is 0 Å². The van der Waals surface area contributed by atoms with E-state index in [0.29, 0.717) is 0 Å². The van der Waals surface area contributed by atoms with Crippen molar-refractivity contribution in [1.29, 1.82) is 0 Å². The van der Waals surface area contributed by atoms with Gasteiger partial charge < -0.3 is 0 Å². The van der Waals surface area contributed by atoms with Gasteiger partial charge in [-0.3, -0.25) is 0 Å². The van der Waals surface area contributed by atoms with Crippen molar-refractivity contribution >= 4 is 45.2 Å². The van der Waals surface area contributed by atoms with Crippen LogP contribution in [0.3, 0.4) is 0 Å². The quantitative estimate of drug-likeness (QED) is 0.127. The summed E-state index contributed by atoms with van der Waals surface area (Å²) < 4.78 is 2.80. The molecule has 1 aromatic carbocycles. The maximum Gasteiger partial charge on any atom is 0.0163 e. The second-order valence-electron chi connectivity index (χ2n) is 7.79. The first-order chi connectivity index (χ1) is 12.7. The zero-order chi connectivity index (χ0) is 18.9. The van der Waals surface area contributed by atoms with E-state index in [1.54, 1.807) is 5.56 Å². The van der Waals surface area contributed by atoms with Gasteiger partial charge in [-0.15, -0.1) is 0 Å². The van der Waals surface area contributed by atoms with Gasteiger partial charge in [0.15, 0.2) is 0 Å². The third-order valence-corrected chi connectivity index (χ3v) is 7.03. The fourth-order valence-corrected chi connectivity index (χ4v) is 4.76. The molecule has 0 aliphatic rings. The fourth-order valence-electron chi connectivity index (χ4n) is 3.60. The predicted molar refractivity (Wildman–Crippen MR) is 135 cm³/mol. The molecule has 0 saturated heterocycles. The summed E-state index contributed by atoms with van der Waals surface area (Å²) in [5.74, 6) is 0. The van der Waals surface area contributed by atoms with Crippen LogP contribution in [-0.4, -0.2) is 0 Å². The average Bonchev–Trinajstić information content (AvgIpc) is 2.64. The van der Waals surface area contributed by atoms with Crippen molar-refractivity contribution in [1.82, 2.24) is 0 Å². The molecule has 0 spiro atoms. The Balaban J connectivity index is 1.80.